The summed E-state index contributed by atoms with van der Waals surface area (Å²) in [5.74, 6) is 0.247. The number of carbonyl (C=O) groups is 2. The van der Waals surface area contributed by atoms with Crippen LogP contribution < -0.4 is 10.6 Å². The second kappa shape index (κ2) is 7.61. The fourth-order valence-electron chi connectivity index (χ4n) is 2.56. The van der Waals surface area contributed by atoms with Crippen molar-refractivity contribution < 1.29 is 9.59 Å². The van der Waals surface area contributed by atoms with Crippen molar-refractivity contribution in [3.05, 3.63) is 66.0 Å². The first-order valence-electron chi connectivity index (χ1n) is 8.16. The van der Waals surface area contributed by atoms with Gasteiger partial charge in [0.05, 0.1) is 30.0 Å². The molecule has 0 aliphatic rings. The molecule has 0 saturated heterocycles. The van der Waals surface area contributed by atoms with Gasteiger partial charge >= 0.3 is 0 Å². The van der Waals surface area contributed by atoms with Crippen molar-refractivity contribution in [1.29, 1.82) is 0 Å². The number of fused-ring (bicyclic) bond motifs is 1. The van der Waals surface area contributed by atoms with Crippen molar-refractivity contribution in [2.75, 3.05) is 6.54 Å². The van der Waals surface area contributed by atoms with E-state index in [0.717, 1.165) is 16.6 Å². The molecule has 0 aliphatic carbocycles. The Morgan fingerprint density at radius 2 is 1.76 bits per heavy atom. The van der Waals surface area contributed by atoms with Crippen LogP contribution in [0.15, 0.2) is 54.6 Å². The minimum atomic E-state index is -0.272. The number of nitrogens with one attached hydrogen (secondary N) is 3. The van der Waals surface area contributed by atoms with Crippen molar-refractivity contribution in [3.8, 4) is 0 Å². The maximum atomic E-state index is 12.0. The van der Waals surface area contributed by atoms with E-state index in [0.29, 0.717) is 5.82 Å². The molecule has 128 valence electrons. The number of nitrogens with zero attached hydrogens (tertiary/aromatic N) is 1. The van der Waals surface area contributed by atoms with Crippen LogP contribution in [0.2, 0.25) is 0 Å². The van der Waals surface area contributed by atoms with Crippen LogP contribution in [0.4, 0.5) is 0 Å². The van der Waals surface area contributed by atoms with Crippen LogP contribution in [0.3, 0.4) is 0 Å². The van der Waals surface area contributed by atoms with Gasteiger partial charge in [0.1, 0.15) is 5.82 Å². The molecule has 0 aliphatic heterocycles. The van der Waals surface area contributed by atoms with Crippen LogP contribution in [-0.4, -0.2) is 28.3 Å². The molecule has 6 heteroatoms. The second-order valence-electron chi connectivity index (χ2n) is 5.87. The molecular formula is C19H20N4O2. The molecule has 3 N–H and O–H groups in total. The van der Waals surface area contributed by atoms with E-state index in [1.165, 1.54) is 0 Å². The van der Waals surface area contributed by atoms with Gasteiger partial charge in [-0.05, 0) is 24.6 Å². The molecule has 0 spiro atoms. The predicted molar refractivity (Wildman–Crippen MR) is 95.8 cm³/mol. The average Bonchev–Trinajstić information content (AvgIpc) is 3.05. The first kappa shape index (κ1) is 16.7. The summed E-state index contributed by atoms with van der Waals surface area (Å²) in [4.78, 5) is 31.6. The number of aromatic nitrogens is 2. The van der Waals surface area contributed by atoms with Gasteiger partial charge < -0.3 is 15.6 Å². The predicted octanol–water partition coefficient (Wildman–Crippen LogP) is 2.10. The van der Waals surface area contributed by atoms with E-state index < -0.39 is 0 Å². The molecule has 0 bridgehead atoms. The molecule has 1 atom stereocenters. The number of para-hydroxylation sites is 2. The maximum absolute atomic E-state index is 12.0. The molecular weight excluding hydrogens is 316 g/mol. The van der Waals surface area contributed by atoms with Crippen LogP contribution in [0.1, 0.15) is 24.4 Å². The summed E-state index contributed by atoms with van der Waals surface area (Å²) in [6.45, 7) is 1.79. The fourth-order valence-corrected chi connectivity index (χ4v) is 2.56. The summed E-state index contributed by atoms with van der Waals surface area (Å²) in [6.07, 6.45) is 0.257. The van der Waals surface area contributed by atoms with Crippen LogP contribution in [0.5, 0.6) is 0 Å². The van der Waals surface area contributed by atoms with Crippen molar-refractivity contribution in [2.24, 2.45) is 0 Å². The zero-order valence-electron chi connectivity index (χ0n) is 14.0. The number of H-pyrrole nitrogens is 1. The summed E-state index contributed by atoms with van der Waals surface area (Å²) >= 11 is 0. The molecule has 6 nitrogen and oxygen atoms in total. The Kier molecular flexibility index (Phi) is 5.09. The van der Waals surface area contributed by atoms with Gasteiger partial charge in [0.25, 0.3) is 0 Å². The highest BCUT2D eigenvalue weighted by Crippen LogP contribution is 2.15. The summed E-state index contributed by atoms with van der Waals surface area (Å²) in [5.41, 5.74) is 2.69. The Bertz CT molecular complexity index is 840. The maximum Gasteiger partial charge on any atom is 0.239 e. The number of aromatic amines is 1. The third-order valence-corrected chi connectivity index (χ3v) is 3.85. The monoisotopic (exact) mass is 336 g/mol. The molecule has 0 unspecified atom stereocenters. The van der Waals surface area contributed by atoms with Crippen LogP contribution in [-0.2, 0) is 16.0 Å². The summed E-state index contributed by atoms with van der Waals surface area (Å²) in [5, 5.41) is 5.46. The van der Waals surface area contributed by atoms with Gasteiger partial charge in [0.2, 0.25) is 11.8 Å². The summed E-state index contributed by atoms with van der Waals surface area (Å²) in [7, 11) is 0. The number of rotatable bonds is 6. The quantitative estimate of drug-likeness (QED) is 0.644. The summed E-state index contributed by atoms with van der Waals surface area (Å²) in [6, 6.07) is 16.8. The van der Waals surface area contributed by atoms with Crippen LogP contribution in [0.25, 0.3) is 11.0 Å². The first-order chi connectivity index (χ1) is 12.1. The fraction of sp³-hybridized carbons (Fsp3) is 0.211. The Hall–Kier alpha value is -3.15. The lowest BCUT2D eigenvalue weighted by atomic mass is 10.1. The lowest BCUT2D eigenvalue weighted by Crippen LogP contribution is -2.38. The largest absolute Gasteiger partial charge is 0.347 e. The molecule has 2 aromatic carbocycles. The molecule has 25 heavy (non-hydrogen) atoms. The van der Waals surface area contributed by atoms with Gasteiger partial charge in [0.15, 0.2) is 0 Å². The van der Waals surface area contributed by atoms with Gasteiger partial charge in [-0.25, -0.2) is 4.98 Å². The van der Waals surface area contributed by atoms with Crippen molar-refractivity contribution in [3.63, 3.8) is 0 Å². The van der Waals surface area contributed by atoms with Crippen LogP contribution >= 0.6 is 0 Å². The van der Waals surface area contributed by atoms with E-state index in [-0.39, 0.29) is 30.8 Å². The van der Waals surface area contributed by atoms with Crippen molar-refractivity contribution >= 4 is 22.8 Å². The Balaban J connectivity index is 1.49. The molecule has 1 heterocycles. The van der Waals surface area contributed by atoms with E-state index in [1.807, 2.05) is 61.5 Å². The SMILES string of the molecule is C[C@@H](NC(=O)CNC(=O)Cc1ccccc1)c1nc2ccccc2[nH]1. The van der Waals surface area contributed by atoms with Gasteiger partial charge in [0, 0.05) is 0 Å². The smallest absolute Gasteiger partial charge is 0.239 e. The number of carbonyl (C=O) groups excluding carboxylic acids is 2. The third kappa shape index (κ3) is 4.44. The Labute approximate surface area is 145 Å². The number of hydrogen-bond donors (Lipinski definition) is 3. The Morgan fingerprint density at radius 3 is 2.52 bits per heavy atom. The molecule has 1 aromatic heterocycles. The molecule has 0 saturated carbocycles. The number of imidazole rings is 1. The second-order valence-corrected chi connectivity index (χ2v) is 5.87. The lowest BCUT2D eigenvalue weighted by molar-refractivity contribution is -0.126. The zero-order chi connectivity index (χ0) is 17.6. The molecule has 2 amide bonds. The van der Waals surface area contributed by atoms with E-state index in [1.54, 1.807) is 0 Å². The van der Waals surface area contributed by atoms with E-state index in [9.17, 15) is 9.59 Å². The zero-order valence-corrected chi connectivity index (χ0v) is 14.0. The van der Waals surface area contributed by atoms with E-state index >= 15 is 0 Å². The van der Waals surface area contributed by atoms with Gasteiger partial charge in [-0.15, -0.1) is 0 Å². The highest BCUT2D eigenvalue weighted by Gasteiger charge is 2.14. The Morgan fingerprint density at radius 1 is 1.04 bits per heavy atom. The number of hydrogen-bond acceptors (Lipinski definition) is 3. The van der Waals surface area contributed by atoms with E-state index in [4.69, 9.17) is 0 Å². The highest BCUT2D eigenvalue weighted by atomic mass is 16.2. The molecule has 0 fully saturated rings. The van der Waals surface area contributed by atoms with Gasteiger partial charge in [-0.1, -0.05) is 42.5 Å². The standard InChI is InChI=1S/C19H20N4O2/c1-13(19-22-15-9-5-6-10-16(15)23-19)21-18(25)12-20-17(24)11-14-7-3-2-4-8-14/h2-10,13H,11-12H2,1H3,(H,20,24)(H,21,25)(H,22,23)/t13-/m1/s1. The van der Waals surface area contributed by atoms with E-state index in [2.05, 4.69) is 20.6 Å². The molecule has 3 rings (SSSR count). The lowest BCUT2D eigenvalue weighted by Gasteiger charge is -2.12. The highest BCUT2D eigenvalue weighted by molar-refractivity contribution is 5.86. The average molecular weight is 336 g/mol. The molecule has 3 aromatic rings. The van der Waals surface area contributed by atoms with Crippen molar-refractivity contribution in [2.45, 2.75) is 19.4 Å². The minimum absolute atomic E-state index is 0.0593. The number of amides is 2. The van der Waals surface area contributed by atoms with Gasteiger partial charge in [-0.2, -0.15) is 0 Å². The molecule has 0 radical (unpaired) electrons. The van der Waals surface area contributed by atoms with Crippen molar-refractivity contribution in [1.82, 2.24) is 20.6 Å². The first-order valence-corrected chi connectivity index (χ1v) is 8.16. The number of benzene rings is 2. The van der Waals surface area contributed by atoms with Gasteiger partial charge in [-0.3, -0.25) is 9.59 Å². The normalized spacial score (nSPS) is 11.9. The summed E-state index contributed by atoms with van der Waals surface area (Å²) < 4.78 is 0. The topological polar surface area (TPSA) is 86.9 Å². The van der Waals surface area contributed by atoms with Crippen LogP contribution in [0, 0.1) is 0 Å². The minimum Gasteiger partial charge on any atom is -0.347 e. The third-order valence-electron chi connectivity index (χ3n) is 3.85.